The van der Waals surface area contributed by atoms with Crippen molar-refractivity contribution in [2.75, 3.05) is 33.7 Å². The van der Waals surface area contributed by atoms with E-state index in [-0.39, 0.29) is 11.9 Å². The summed E-state index contributed by atoms with van der Waals surface area (Å²) in [6.07, 6.45) is 2.93. The molecule has 0 bridgehead atoms. The third-order valence-electron chi connectivity index (χ3n) is 3.39. The molecule has 1 aliphatic rings. The van der Waals surface area contributed by atoms with E-state index in [9.17, 15) is 4.79 Å². The molecule has 2 N–H and O–H groups in total. The van der Waals surface area contributed by atoms with Crippen LogP contribution in [0.5, 0.6) is 0 Å². The summed E-state index contributed by atoms with van der Waals surface area (Å²) in [5.74, 6) is 1.34. The van der Waals surface area contributed by atoms with E-state index in [1.54, 1.807) is 0 Å². The van der Waals surface area contributed by atoms with Gasteiger partial charge in [0.1, 0.15) is 0 Å². The largest absolute Gasteiger partial charge is 0.341 e. The number of likely N-dealkylation sites (N-methyl/N-ethyl adjacent to an activating group) is 1. The highest BCUT2D eigenvalue weighted by Crippen LogP contribution is 2.33. The molecule has 0 saturated heterocycles. The number of amides is 1. The van der Waals surface area contributed by atoms with Gasteiger partial charge < -0.3 is 15.5 Å². The first-order chi connectivity index (χ1) is 8.40. The molecule has 0 aliphatic heterocycles. The quantitative estimate of drug-likeness (QED) is 0.708. The highest BCUT2D eigenvalue weighted by Gasteiger charge is 2.31. The molecule has 1 unspecified atom stereocenters. The smallest absolute Gasteiger partial charge is 0.224 e. The summed E-state index contributed by atoms with van der Waals surface area (Å²) >= 11 is 0. The lowest BCUT2D eigenvalue weighted by Crippen LogP contribution is -2.41. The van der Waals surface area contributed by atoms with E-state index < -0.39 is 0 Å². The summed E-state index contributed by atoms with van der Waals surface area (Å²) in [6, 6.07) is 0.0755. The number of hydrogen-bond acceptors (Lipinski definition) is 3. The molecule has 1 fully saturated rings. The molecule has 1 aliphatic carbocycles. The van der Waals surface area contributed by atoms with Gasteiger partial charge in [-0.3, -0.25) is 4.79 Å². The first-order valence-electron chi connectivity index (χ1n) is 7.08. The van der Waals surface area contributed by atoms with Gasteiger partial charge in [0.05, 0.1) is 0 Å². The van der Waals surface area contributed by atoms with Crippen LogP contribution in [0.3, 0.4) is 0 Å². The predicted molar refractivity (Wildman–Crippen MR) is 75.3 cm³/mol. The van der Waals surface area contributed by atoms with Gasteiger partial charge in [0.15, 0.2) is 0 Å². The number of nitrogens with two attached hydrogens (primary N) is 1. The third-order valence-corrected chi connectivity index (χ3v) is 3.39. The van der Waals surface area contributed by atoms with Crippen molar-refractivity contribution >= 4 is 5.91 Å². The minimum Gasteiger partial charge on any atom is -0.341 e. The molecule has 1 amide bonds. The van der Waals surface area contributed by atoms with Gasteiger partial charge >= 0.3 is 0 Å². The van der Waals surface area contributed by atoms with Crippen molar-refractivity contribution in [2.24, 2.45) is 17.6 Å². The molecule has 1 saturated carbocycles. The van der Waals surface area contributed by atoms with Gasteiger partial charge in [0.25, 0.3) is 0 Å². The Morgan fingerprint density at radius 1 is 1.28 bits per heavy atom. The van der Waals surface area contributed by atoms with Gasteiger partial charge in [-0.2, -0.15) is 0 Å². The molecule has 4 heteroatoms. The SMILES string of the molecule is CC(C)CN(CCN(C)C)C(=O)CC(N)C1CC1. The van der Waals surface area contributed by atoms with Crippen molar-refractivity contribution in [1.29, 1.82) is 0 Å². The molecule has 0 radical (unpaired) electrons. The van der Waals surface area contributed by atoms with Crippen molar-refractivity contribution in [3.05, 3.63) is 0 Å². The number of hydrogen-bond donors (Lipinski definition) is 1. The molecule has 1 atom stereocenters. The Kier molecular flexibility index (Phi) is 6.09. The zero-order chi connectivity index (χ0) is 13.7. The average Bonchev–Trinajstić information content (AvgIpc) is 3.06. The maximum absolute atomic E-state index is 12.3. The highest BCUT2D eigenvalue weighted by atomic mass is 16.2. The monoisotopic (exact) mass is 255 g/mol. The predicted octanol–water partition coefficient (Wildman–Crippen LogP) is 1.16. The lowest BCUT2D eigenvalue weighted by atomic mass is 10.1. The van der Waals surface area contributed by atoms with Crippen molar-refractivity contribution < 1.29 is 4.79 Å². The lowest BCUT2D eigenvalue weighted by molar-refractivity contribution is -0.132. The van der Waals surface area contributed by atoms with Gasteiger partial charge in [0, 0.05) is 32.1 Å². The number of rotatable bonds is 8. The van der Waals surface area contributed by atoms with E-state index in [1.807, 2.05) is 19.0 Å². The summed E-state index contributed by atoms with van der Waals surface area (Å²) < 4.78 is 0. The molecular weight excluding hydrogens is 226 g/mol. The molecule has 4 nitrogen and oxygen atoms in total. The third kappa shape index (κ3) is 5.83. The van der Waals surface area contributed by atoms with Gasteiger partial charge in [-0.1, -0.05) is 13.8 Å². The van der Waals surface area contributed by atoms with Gasteiger partial charge in [-0.15, -0.1) is 0 Å². The maximum Gasteiger partial charge on any atom is 0.224 e. The van der Waals surface area contributed by atoms with E-state index in [1.165, 1.54) is 12.8 Å². The van der Waals surface area contributed by atoms with E-state index in [0.29, 0.717) is 18.3 Å². The van der Waals surface area contributed by atoms with Crippen LogP contribution >= 0.6 is 0 Å². The molecule has 0 aromatic heterocycles. The van der Waals surface area contributed by atoms with Crippen molar-refractivity contribution in [1.82, 2.24) is 9.80 Å². The van der Waals surface area contributed by atoms with E-state index >= 15 is 0 Å². The van der Waals surface area contributed by atoms with Gasteiger partial charge in [0.2, 0.25) is 5.91 Å². The van der Waals surface area contributed by atoms with Crippen LogP contribution in [0, 0.1) is 11.8 Å². The summed E-state index contributed by atoms with van der Waals surface area (Å²) in [5, 5.41) is 0. The molecule has 18 heavy (non-hydrogen) atoms. The first-order valence-corrected chi connectivity index (χ1v) is 7.08. The maximum atomic E-state index is 12.3. The van der Waals surface area contributed by atoms with Crippen LogP contribution < -0.4 is 5.73 Å². The van der Waals surface area contributed by atoms with Gasteiger partial charge in [-0.25, -0.2) is 0 Å². The number of nitrogens with zero attached hydrogens (tertiary/aromatic N) is 2. The molecule has 0 heterocycles. The lowest BCUT2D eigenvalue weighted by Gasteiger charge is -2.27. The zero-order valence-electron chi connectivity index (χ0n) is 12.4. The van der Waals surface area contributed by atoms with Crippen LogP contribution in [0.25, 0.3) is 0 Å². The Bertz CT molecular complexity index is 262. The van der Waals surface area contributed by atoms with E-state index in [4.69, 9.17) is 5.73 Å². The van der Waals surface area contributed by atoms with Crippen LogP contribution in [-0.4, -0.2) is 55.5 Å². The fraction of sp³-hybridized carbons (Fsp3) is 0.929. The fourth-order valence-electron chi connectivity index (χ4n) is 2.10. The van der Waals surface area contributed by atoms with Gasteiger partial charge in [-0.05, 0) is 38.8 Å². The summed E-state index contributed by atoms with van der Waals surface area (Å²) in [5.41, 5.74) is 6.05. The van der Waals surface area contributed by atoms with Crippen LogP contribution in [0.2, 0.25) is 0 Å². The Morgan fingerprint density at radius 2 is 1.89 bits per heavy atom. The Hall–Kier alpha value is -0.610. The molecular formula is C14H29N3O. The van der Waals surface area contributed by atoms with E-state index in [0.717, 1.165) is 19.6 Å². The molecule has 0 aromatic rings. The van der Waals surface area contributed by atoms with Crippen LogP contribution in [0.4, 0.5) is 0 Å². The van der Waals surface area contributed by atoms with Crippen LogP contribution in [0.1, 0.15) is 33.1 Å². The Morgan fingerprint density at radius 3 is 2.33 bits per heavy atom. The molecule has 1 rings (SSSR count). The number of carbonyl (C=O) groups excluding carboxylic acids is 1. The molecule has 0 aromatic carbocycles. The second-order valence-electron chi connectivity index (χ2n) is 6.24. The molecule has 0 spiro atoms. The Balaban J connectivity index is 2.42. The minimum atomic E-state index is 0.0755. The first kappa shape index (κ1) is 15.4. The summed E-state index contributed by atoms with van der Waals surface area (Å²) in [7, 11) is 4.07. The summed E-state index contributed by atoms with van der Waals surface area (Å²) in [6.45, 7) is 6.86. The van der Waals surface area contributed by atoms with E-state index in [2.05, 4.69) is 18.7 Å². The van der Waals surface area contributed by atoms with Crippen molar-refractivity contribution in [3.63, 3.8) is 0 Å². The van der Waals surface area contributed by atoms with Crippen LogP contribution in [0.15, 0.2) is 0 Å². The normalized spacial score (nSPS) is 17.3. The van der Waals surface area contributed by atoms with Crippen LogP contribution in [-0.2, 0) is 4.79 Å². The molecule has 106 valence electrons. The average molecular weight is 255 g/mol. The van der Waals surface area contributed by atoms with Crippen molar-refractivity contribution in [3.8, 4) is 0 Å². The second-order valence-corrected chi connectivity index (χ2v) is 6.24. The topological polar surface area (TPSA) is 49.6 Å². The zero-order valence-corrected chi connectivity index (χ0v) is 12.4. The second kappa shape index (κ2) is 7.10. The standard InChI is InChI=1S/C14H29N3O/c1-11(2)10-17(8-7-16(3)4)14(18)9-13(15)12-5-6-12/h11-13H,5-10,15H2,1-4H3. The highest BCUT2D eigenvalue weighted by molar-refractivity contribution is 5.77. The Labute approximate surface area is 111 Å². The number of carbonyl (C=O) groups is 1. The van der Waals surface area contributed by atoms with Crippen molar-refractivity contribution in [2.45, 2.75) is 39.2 Å². The summed E-state index contributed by atoms with van der Waals surface area (Å²) in [4.78, 5) is 16.4. The fourth-order valence-corrected chi connectivity index (χ4v) is 2.10. The minimum absolute atomic E-state index is 0.0755.